The van der Waals surface area contributed by atoms with Crippen molar-refractivity contribution < 1.29 is 28.8 Å². The van der Waals surface area contributed by atoms with Crippen LogP contribution in [-0.4, -0.2) is 61.7 Å². The normalized spacial score (nSPS) is 14.5. The number of rotatable bonds is 3. The fourth-order valence-corrected chi connectivity index (χ4v) is 5.84. The number of benzene rings is 2. The summed E-state index contributed by atoms with van der Waals surface area (Å²) in [5.41, 5.74) is 5.87. The van der Waals surface area contributed by atoms with Gasteiger partial charge >= 0.3 is 6.03 Å². The van der Waals surface area contributed by atoms with Crippen molar-refractivity contribution in [1.82, 2.24) is 19.8 Å². The van der Waals surface area contributed by atoms with Gasteiger partial charge in [-0.3, -0.25) is 0 Å². The minimum atomic E-state index is -0.224. The van der Waals surface area contributed by atoms with Crippen molar-refractivity contribution in [2.75, 3.05) is 45.2 Å². The Morgan fingerprint density at radius 3 is 2.39 bits per heavy atom. The number of fused-ring (bicyclic) bond motifs is 2. The van der Waals surface area contributed by atoms with E-state index in [1.54, 1.807) is 0 Å². The summed E-state index contributed by atoms with van der Waals surface area (Å²) in [7, 11) is 4.19. The summed E-state index contributed by atoms with van der Waals surface area (Å²) >= 11 is 1.85. The number of aryl methyl sites for hydroxylation is 2. The summed E-state index contributed by atoms with van der Waals surface area (Å²) in [4.78, 5) is 23.6. The number of hydrogen-bond donors (Lipinski definition) is 1. The van der Waals surface area contributed by atoms with Crippen LogP contribution in [0.3, 0.4) is 0 Å². The molecule has 0 radical (unpaired) electrons. The molecule has 1 fully saturated rings. The van der Waals surface area contributed by atoms with Gasteiger partial charge in [0.05, 0.1) is 20.8 Å². The number of aromatic nitrogens is 1. The second-order valence-electron chi connectivity index (χ2n) is 10.7. The van der Waals surface area contributed by atoms with Gasteiger partial charge in [0.15, 0.2) is 0 Å². The number of carbonyl (C=O) groups is 1. The van der Waals surface area contributed by atoms with Gasteiger partial charge in [-0.15, -0.1) is 11.3 Å². The molecule has 0 bridgehead atoms. The number of hydrogen-bond acceptors (Lipinski definition) is 4. The van der Waals surface area contributed by atoms with E-state index in [1.807, 2.05) is 37.0 Å². The number of anilines is 1. The lowest BCUT2D eigenvalue weighted by Gasteiger charge is -2.28. The highest BCUT2D eigenvalue weighted by molar-refractivity contribution is 7.21. The van der Waals surface area contributed by atoms with E-state index in [9.17, 15) is 4.79 Å². The summed E-state index contributed by atoms with van der Waals surface area (Å²) in [5, 5.41) is 4.33. The molecule has 1 aromatic rings. The molecule has 0 saturated carbocycles. The topological polar surface area (TPSA) is 51.5 Å². The zero-order valence-corrected chi connectivity index (χ0v) is 25.7. The predicted octanol–water partition coefficient (Wildman–Crippen LogP) is 1.58. The van der Waals surface area contributed by atoms with Crippen LogP contribution in [-0.2, 0) is 12.8 Å². The van der Waals surface area contributed by atoms with E-state index >= 15 is 0 Å². The Hall–Kier alpha value is -1.94. The SMILES string of the molecule is CCc1cc(=[N+](C)C)cc2sc3cc(N4CCCN(C(=O)NC(C)(C)C)CC4)cc(CC)c3nc1-2.[I-]. The van der Waals surface area contributed by atoms with Crippen LogP contribution >= 0.6 is 11.3 Å². The van der Waals surface area contributed by atoms with Crippen LogP contribution in [0.15, 0.2) is 24.3 Å². The van der Waals surface area contributed by atoms with Crippen molar-refractivity contribution >= 4 is 33.3 Å². The third kappa shape index (κ3) is 6.30. The number of nitrogens with one attached hydrogen (secondary N) is 1. The zero-order chi connectivity index (χ0) is 25.3. The van der Waals surface area contributed by atoms with E-state index in [-0.39, 0.29) is 35.5 Å². The van der Waals surface area contributed by atoms with E-state index in [0.29, 0.717) is 0 Å². The van der Waals surface area contributed by atoms with Crippen LogP contribution in [0.1, 0.15) is 52.2 Å². The Kier molecular flexibility index (Phi) is 9.25. The van der Waals surface area contributed by atoms with Crippen molar-refractivity contribution in [2.45, 2.75) is 59.4 Å². The third-order valence-corrected chi connectivity index (χ3v) is 7.69. The van der Waals surface area contributed by atoms with Gasteiger partial charge < -0.3 is 39.1 Å². The van der Waals surface area contributed by atoms with E-state index in [1.165, 1.54) is 31.7 Å². The second-order valence-corrected chi connectivity index (χ2v) is 11.8. The maximum Gasteiger partial charge on any atom is 0.317 e. The number of halogens is 1. The van der Waals surface area contributed by atoms with Crippen LogP contribution in [0.25, 0.3) is 20.8 Å². The quantitative estimate of drug-likeness (QED) is 0.275. The van der Waals surface area contributed by atoms with Gasteiger partial charge in [-0.2, -0.15) is 0 Å². The molecular formula is C28H40IN5OS. The number of carbonyl (C=O) groups excluding carboxylic acids is 1. The molecule has 3 aliphatic rings. The summed E-state index contributed by atoms with van der Waals surface area (Å²) in [5.74, 6) is 0. The van der Waals surface area contributed by atoms with Crippen molar-refractivity contribution in [1.29, 1.82) is 0 Å². The molecule has 2 amide bonds. The highest BCUT2D eigenvalue weighted by atomic mass is 127. The Labute approximate surface area is 236 Å². The lowest BCUT2D eigenvalue weighted by atomic mass is 10.1. The molecule has 4 rings (SSSR count). The van der Waals surface area contributed by atoms with Gasteiger partial charge in [-0.25, -0.2) is 14.4 Å². The highest BCUT2D eigenvalue weighted by Crippen LogP contribution is 2.36. The van der Waals surface area contributed by atoms with Crippen molar-refractivity contribution in [3.8, 4) is 10.6 Å². The first-order valence-corrected chi connectivity index (χ1v) is 13.6. The summed E-state index contributed by atoms with van der Waals surface area (Å²) in [6, 6.07) is 9.20. The molecule has 1 aliphatic carbocycles. The Bertz CT molecular complexity index is 1280. The van der Waals surface area contributed by atoms with E-state index in [0.717, 1.165) is 56.7 Å². The van der Waals surface area contributed by atoms with Gasteiger partial charge in [-0.1, -0.05) is 13.8 Å². The first kappa shape index (κ1) is 28.6. The molecule has 0 aromatic heterocycles. The monoisotopic (exact) mass is 621 g/mol. The van der Waals surface area contributed by atoms with Gasteiger partial charge in [0.25, 0.3) is 0 Å². The highest BCUT2D eigenvalue weighted by Gasteiger charge is 2.23. The standard InChI is InChI=1S/C28H39N5OS.HI/c1-8-19-15-21(31(6)7)17-23-25(19)29-26-20(9-2)16-22(18-24(26)35-23)32-11-10-12-33(14-13-32)27(34)30-28(3,4)5;/h15-18H,8-14H2,1-7H3;1H. The number of urea groups is 1. The Morgan fingerprint density at radius 1 is 1.03 bits per heavy atom. The molecule has 8 heteroatoms. The molecule has 0 spiro atoms. The van der Waals surface area contributed by atoms with Crippen LogP contribution in [0.4, 0.5) is 10.5 Å². The van der Waals surface area contributed by atoms with Crippen LogP contribution in [0.2, 0.25) is 0 Å². The number of amides is 2. The van der Waals surface area contributed by atoms with Crippen LogP contribution in [0, 0.1) is 0 Å². The van der Waals surface area contributed by atoms with Crippen molar-refractivity contribution in [2.24, 2.45) is 0 Å². The minimum absolute atomic E-state index is 0. The van der Waals surface area contributed by atoms with Crippen molar-refractivity contribution in [3.05, 3.63) is 40.7 Å². The van der Waals surface area contributed by atoms with Gasteiger partial charge in [0.2, 0.25) is 5.36 Å². The maximum absolute atomic E-state index is 12.7. The molecule has 1 saturated heterocycles. The number of nitrogens with zero attached hydrogens (tertiary/aromatic N) is 4. The summed E-state index contributed by atoms with van der Waals surface area (Å²) in [6.45, 7) is 13.8. The van der Waals surface area contributed by atoms with Crippen LogP contribution < -0.4 is 44.1 Å². The molecule has 0 atom stereocenters. The molecule has 2 heterocycles. The summed E-state index contributed by atoms with van der Waals surface area (Å²) in [6.07, 6.45) is 2.87. The fraction of sp³-hybridized carbons (Fsp3) is 0.536. The molecular weight excluding hydrogens is 581 g/mol. The van der Waals surface area contributed by atoms with E-state index < -0.39 is 0 Å². The molecule has 6 nitrogen and oxygen atoms in total. The molecule has 0 unspecified atom stereocenters. The smallest absolute Gasteiger partial charge is 0.317 e. The second kappa shape index (κ2) is 11.6. The lowest BCUT2D eigenvalue weighted by Crippen LogP contribution is -3.00. The Morgan fingerprint density at radius 2 is 1.75 bits per heavy atom. The molecule has 1 N–H and O–H groups in total. The Balaban J connectivity index is 0.00000361. The third-order valence-electron chi connectivity index (χ3n) is 6.63. The van der Waals surface area contributed by atoms with Crippen LogP contribution in [0.5, 0.6) is 0 Å². The molecule has 2 aliphatic heterocycles. The molecule has 36 heavy (non-hydrogen) atoms. The maximum atomic E-state index is 12.7. The first-order valence-electron chi connectivity index (χ1n) is 12.8. The predicted molar refractivity (Wildman–Crippen MR) is 149 cm³/mol. The van der Waals surface area contributed by atoms with Gasteiger partial charge in [0.1, 0.15) is 14.1 Å². The van der Waals surface area contributed by atoms with Gasteiger partial charge in [0, 0.05) is 49.5 Å². The lowest BCUT2D eigenvalue weighted by molar-refractivity contribution is -0.0000123. The fourth-order valence-electron chi connectivity index (χ4n) is 4.70. The molecule has 196 valence electrons. The first-order chi connectivity index (χ1) is 16.6. The molecule has 1 aromatic carbocycles. The summed E-state index contributed by atoms with van der Waals surface area (Å²) < 4.78 is 3.40. The van der Waals surface area contributed by atoms with E-state index in [2.05, 4.69) is 67.0 Å². The minimum Gasteiger partial charge on any atom is -1.00 e. The average molecular weight is 622 g/mol. The van der Waals surface area contributed by atoms with Crippen molar-refractivity contribution in [3.63, 3.8) is 0 Å². The largest absolute Gasteiger partial charge is 1.00 e. The average Bonchev–Trinajstić information content (AvgIpc) is 3.06. The zero-order valence-electron chi connectivity index (χ0n) is 22.7. The van der Waals surface area contributed by atoms with Gasteiger partial charge in [-0.05, 0) is 63.3 Å². The van der Waals surface area contributed by atoms with E-state index in [4.69, 9.17) is 4.98 Å².